The maximum Gasteiger partial charge on any atom is 0.436 e. The van der Waals surface area contributed by atoms with E-state index in [-0.39, 0.29) is 28.3 Å². The van der Waals surface area contributed by atoms with Crippen molar-refractivity contribution in [1.29, 1.82) is 0 Å². The molecule has 0 saturated carbocycles. The Kier molecular flexibility index (Phi) is 8.13. The quantitative estimate of drug-likeness (QED) is 0.191. The van der Waals surface area contributed by atoms with Crippen molar-refractivity contribution in [3.05, 3.63) is 106 Å². The van der Waals surface area contributed by atoms with E-state index in [9.17, 15) is 22.8 Å². The molecule has 44 heavy (non-hydrogen) atoms. The van der Waals surface area contributed by atoms with Crippen molar-refractivity contribution < 1.29 is 32.2 Å². The van der Waals surface area contributed by atoms with Gasteiger partial charge in [0.25, 0.3) is 5.91 Å². The van der Waals surface area contributed by atoms with E-state index in [1.165, 1.54) is 48.5 Å². The Morgan fingerprint density at radius 1 is 0.955 bits per heavy atom. The number of aryl methyl sites for hydroxylation is 1. The molecule has 0 bridgehead atoms. The Morgan fingerprint density at radius 2 is 1.68 bits per heavy atom. The van der Waals surface area contributed by atoms with Crippen LogP contribution in [-0.4, -0.2) is 36.9 Å². The van der Waals surface area contributed by atoms with Crippen LogP contribution in [0.25, 0.3) is 11.2 Å². The monoisotopic (exact) mass is 625 g/mol. The molecule has 0 aliphatic rings. The summed E-state index contributed by atoms with van der Waals surface area (Å²) in [5, 5.41) is 10.2. The fourth-order valence-electron chi connectivity index (χ4n) is 4.31. The summed E-state index contributed by atoms with van der Waals surface area (Å²) in [6.07, 6.45) is -3.14. The van der Waals surface area contributed by atoms with Crippen molar-refractivity contribution in [2.24, 2.45) is 0 Å². The molecule has 3 aromatic heterocycles. The number of hydrogen-bond acceptors (Lipinski definition) is 6. The third-order valence-electron chi connectivity index (χ3n) is 6.25. The number of amides is 1. The molecular formula is C31H27ClF3N5O4. The molecule has 0 unspecified atom stereocenters. The average molecular weight is 626 g/mol. The Morgan fingerprint density at radius 3 is 2.36 bits per heavy atom. The molecule has 228 valence electrons. The average Bonchev–Trinajstić information content (AvgIpc) is 3.49. The topological polar surface area (TPSA) is 99.8 Å². The van der Waals surface area contributed by atoms with Gasteiger partial charge in [-0.25, -0.2) is 14.0 Å². The van der Waals surface area contributed by atoms with Gasteiger partial charge in [-0.3, -0.25) is 4.79 Å². The number of aromatic nitrogens is 4. The molecule has 0 aliphatic heterocycles. The summed E-state index contributed by atoms with van der Waals surface area (Å²) in [6.45, 7) is 6.69. The number of nitrogens with one attached hydrogen (secondary N) is 1. The predicted octanol–water partition coefficient (Wildman–Crippen LogP) is 7.29. The van der Waals surface area contributed by atoms with Gasteiger partial charge in [0.05, 0.1) is 27.5 Å². The largest absolute Gasteiger partial charge is 0.487 e. The highest BCUT2D eigenvalue weighted by Gasteiger charge is 2.39. The number of nitrogens with zero attached hydrogens (tertiary/aromatic N) is 4. The minimum atomic E-state index is -4.84. The minimum absolute atomic E-state index is 0.0886. The van der Waals surface area contributed by atoms with Crippen molar-refractivity contribution >= 4 is 34.7 Å². The van der Waals surface area contributed by atoms with E-state index >= 15 is 0 Å². The van der Waals surface area contributed by atoms with Crippen molar-refractivity contribution in [3.8, 4) is 11.4 Å². The van der Waals surface area contributed by atoms with Gasteiger partial charge in [-0.1, -0.05) is 17.7 Å². The van der Waals surface area contributed by atoms with Crippen LogP contribution in [-0.2, 0) is 17.5 Å². The number of esters is 1. The Bertz CT molecular complexity index is 1860. The molecule has 2 aromatic carbocycles. The summed E-state index contributed by atoms with van der Waals surface area (Å²) in [7, 11) is 0. The van der Waals surface area contributed by atoms with Gasteiger partial charge in [0, 0.05) is 17.4 Å². The number of rotatable bonds is 7. The van der Waals surface area contributed by atoms with Gasteiger partial charge < -0.3 is 14.8 Å². The van der Waals surface area contributed by atoms with E-state index < -0.39 is 41.0 Å². The van der Waals surface area contributed by atoms with Crippen LogP contribution < -0.4 is 10.1 Å². The lowest BCUT2D eigenvalue weighted by atomic mass is 10.1. The second kappa shape index (κ2) is 11.7. The number of carbonyl (C=O) groups is 2. The number of fused-ring (bicyclic) bond motifs is 1. The number of hydrogen-bond donors (Lipinski definition) is 1. The van der Waals surface area contributed by atoms with Crippen LogP contribution >= 0.6 is 11.6 Å². The first-order valence-electron chi connectivity index (χ1n) is 13.4. The van der Waals surface area contributed by atoms with Crippen molar-refractivity contribution in [2.75, 3.05) is 5.32 Å². The predicted molar refractivity (Wildman–Crippen MR) is 157 cm³/mol. The maximum absolute atomic E-state index is 13.8. The molecule has 1 amide bonds. The molecule has 0 saturated heterocycles. The van der Waals surface area contributed by atoms with Crippen LogP contribution in [0, 0.1) is 6.92 Å². The first-order chi connectivity index (χ1) is 20.7. The summed E-state index contributed by atoms with van der Waals surface area (Å²) in [6, 6.07) is 17.2. The first kappa shape index (κ1) is 30.6. The second-order valence-electron chi connectivity index (χ2n) is 10.9. The number of halogens is 4. The molecule has 0 aliphatic carbocycles. The van der Waals surface area contributed by atoms with Gasteiger partial charge in [-0.2, -0.15) is 23.4 Å². The van der Waals surface area contributed by atoms with Gasteiger partial charge in [0.1, 0.15) is 23.7 Å². The summed E-state index contributed by atoms with van der Waals surface area (Å²) in [5.74, 6) is -0.737. The number of pyridine rings is 1. The van der Waals surface area contributed by atoms with Crippen molar-refractivity contribution in [1.82, 2.24) is 19.4 Å². The maximum atomic E-state index is 13.8. The summed E-state index contributed by atoms with van der Waals surface area (Å²) in [4.78, 5) is 25.4. The normalized spacial score (nSPS) is 11.9. The van der Waals surface area contributed by atoms with E-state index in [2.05, 4.69) is 15.5 Å². The molecule has 0 atom stereocenters. The zero-order chi connectivity index (χ0) is 31.8. The van der Waals surface area contributed by atoms with Crippen LogP contribution in [0.5, 0.6) is 5.75 Å². The zero-order valence-corrected chi connectivity index (χ0v) is 24.8. The first-order valence-corrected chi connectivity index (χ1v) is 13.7. The molecule has 0 radical (unpaired) electrons. The number of anilines is 1. The fourth-order valence-corrected chi connectivity index (χ4v) is 4.59. The molecule has 0 fully saturated rings. The van der Waals surface area contributed by atoms with E-state index in [4.69, 9.17) is 21.1 Å². The van der Waals surface area contributed by atoms with Crippen LogP contribution in [0.15, 0.2) is 72.9 Å². The lowest BCUT2D eigenvalue weighted by Crippen LogP contribution is -2.23. The van der Waals surface area contributed by atoms with Gasteiger partial charge in [0.15, 0.2) is 5.69 Å². The van der Waals surface area contributed by atoms with E-state index in [0.717, 1.165) is 15.9 Å². The Labute approximate surface area is 255 Å². The van der Waals surface area contributed by atoms with E-state index in [1.807, 2.05) is 13.0 Å². The highest BCUT2D eigenvalue weighted by Crippen LogP contribution is 2.37. The molecule has 0 spiro atoms. The van der Waals surface area contributed by atoms with Crippen LogP contribution in [0.2, 0.25) is 5.02 Å². The Hall–Kier alpha value is -4.84. The molecule has 9 nitrogen and oxygen atoms in total. The third-order valence-corrected chi connectivity index (χ3v) is 6.64. The van der Waals surface area contributed by atoms with Gasteiger partial charge in [-0.15, -0.1) is 0 Å². The minimum Gasteiger partial charge on any atom is -0.487 e. The number of carbonyl (C=O) groups excluding carboxylic acids is 2. The van der Waals surface area contributed by atoms with E-state index in [1.54, 1.807) is 43.6 Å². The standard InChI is InChI=1S/C31H27ClF3N5O4/c1-18-14-23-16-21(12-13-39(23)37-18)36-28(41)20-6-5-7-22(15-20)40-25(26(32)27(38-40)31(33,34)35)17-43-24-10-8-19(9-11-24)29(42)44-30(2,3)4/h5-16H,17H2,1-4H3,(H,36,41). The second-order valence-corrected chi connectivity index (χ2v) is 11.3. The summed E-state index contributed by atoms with van der Waals surface area (Å²) < 4.78 is 55.2. The molecular weight excluding hydrogens is 599 g/mol. The SMILES string of the molecule is Cc1cc2cc(NC(=O)c3cccc(-n4nc(C(F)(F)F)c(Cl)c4COc4ccc(C(=O)OC(C)(C)C)cc4)c3)ccn2n1. The molecule has 5 aromatic rings. The Balaban J connectivity index is 1.39. The smallest absolute Gasteiger partial charge is 0.436 e. The molecule has 1 N–H and O–H groups in total. The van der Waals surface area contributed by atoms with Crippen LogP contribution in [0.3, 0.4) is 0 Å². The fraction of sp³-hybridized carbons (Fsp3) is 0.226. The van der Waals surface area contributed by atoms with E-state index in [0.29, 0.717) is 5.69 Å². The molecule has 3 heterocycles. The van der Waals surface area contributed by atoms with Crippen molar-refractivity contribution in [2.45, 2.75) is 46.1 Å². The van der Waals surface area contributed by atoms with Crippen molar-refractivity contribution in [3.63, 3.8) is 0 Å². The van der Waals surface area contributed by atoms with Gasteiger partial charge in [-0.05, 0) is 88.4 Å². The highest BCUT2D eigenvalue weighted by molar-refractivity contribution is 6.32. The van der Waals surface area contributed by atoms with Gasteiger partial charge >= 0.3 is 12.1 Å². The summed E-state index contributed by atoms with van der Waals surface area (Å²) in [5.41, 5.74) is 0.674. The highest BCUT2D eigenvalue weighted by atomic mass is 35.5. The molecule has 5 rings (SSSR count). The molecule has 13 heteroatoms. The summed E-state index contributed by atoms with van der Waals surface area (Å²) >= 11 is 6.19. The van der Waals surface area contributed by atoms with Gasteiger partial charge in [0.2, 0.25) is 0 Å². The third kappa shape index (κ3) is 6.86. The number of benzene rings is 2. The number of alkyl halides is 3. The lowest BCUT2D eigenvalue weighted by molar-refractivity contribution is -0.141. The van der Waals surface area contributed by atoms with Crippen LogP contribution in [0.1, 0.15) is 58.6 Å². The lowest BCUT2D eigenvalue weighted by Gasteiger charge is -2.19. The number of ether oxygens (including phenoxy) is 2. The zero-order valence-electron chi connectivity index (χ0n) is 24.1. The van der Waals surface area contributed by atoms with Crippen LogP contribution in [0.4, 0.5) is 18.9 Å².